The lowest BCUT2D eigenvalue weighted by atomic mass is 10.3. The molecular weight excluding hydrogens is 270 g/mol. The summed E-state index contributed by atoms with van der Waals surface area (Å²) in [5.41, 5.74) is 0. The molecule has 0 spiro atoms. The molecule has 0 aliphatic carbocycles. The summed E-state index contributed by atoms with van der Waals surface area (Å²) in [6.07, 6.45) is 0. The van der Waals surface area contributed by atoms with Gasteiger partial charge in [-0.05, 0) is 38.1 Å². The number of esters is 1. The van der Waals surface area contributed by atoms with Crippen LogP contribution < -0.4 is 9.46 Å². The van der Waals surface area contributed by atoms with E-state index in [9.17, 15) is 13.2 Å². The number of nitrogens with one attached hydrogen (secondary N) is 1. The minimum absolute atomic E-state index is 0.0618. The molecule has 1 aromatic rings. The van der Waals surface area contributed by atoms with Gasteiger partial charge in [-0.3, -0.25) is 4.79 Å². The number of benzene rings is 1. The van der Waals surface area contributed by atoms with Crippen LogP contribution in [0.2, 0.25) is 0 Å². The summed E-state index contributed by atoms with van der Waals surface area (Å²) in [6.45, 7) is 3.76. The van der Waals surface area contributed by atoms with Gasteiger partial charge in [0, 0.05) is 0 Å². The van der Waals surface area contributed by atoms with Gasteiger partial charge in [0.25, 0.3) is 0 Å². The van der Waals surface area contributed by atoms with Crippen LogP contribution in [0, 0.1) is 0 Å². The minimum Gasteiger partial charge on any atom is -0.494 e. The zero-order chi connectivity index (χ0) is 14.5. The Labute approximate surface area is 112 Å². The van der Waals surface area contributed by atoms with E-state index in [1.54, 1.807) is 12.1 Å². The molecule has 0 fully saturated rings. The van der Waals surface area contributed by atoms with Crippen LogP contribution in [0.4, 0.5) is 0 Å². The first-order valence-corrected chi connectivity index (χ1v) is 7.22. The molecule has 0 aliphatic rings. The largest absolute Gasteiger partial charge is 0.494 e. The van der Waals surface area contributed by atoms with E-state index < -0.39 is 22.0 Å². The molecule has 1 aromatic carbocycles. The van der Waals surface area contributed by atoms with E-state index in [0.29, 0.717) is 12.4 Å². The molecule has 0 radical (unpaired) electrons. The van der Waals surface area contributed by atoms with Crippen molar-refractivity contribution in [2.24, 2.45) is 0 Å². The molecule has 0 aromatic heterocycles. The third-order valence-corrected chi connectivity index (χ3v) is 3.89. The zero-order valence-corrected chi connectivity index (χ0v) is 11.9. The van der Waals surface area contributed by atoms with Gasteiger partial charge in [0.15, 0.2) is 0 Å². The molecule has 1 N–H and O–H groups in total. The normalized spacial score (nSPS) is 12.8. The number of rotatable bonds is 6. The van der Waals surface area contributed by atoms with Gasteiger partial charge >= 0.3 is 5.97 Å². The van der Waals surface area contributed by atoms with E-state index in [-0.39, 0.29) is 4.90 Å². The Hall–Kier alpha value is -1.60. The lowest BCUT2D eigenvalue weighted by molar-refractivity contribution is -0.142. The zero-order valence-electron chi connectivity index (χ0n) is 11.0. The third kappa shape index (κ3) is 4.22. The Morgan fingerprint density at radius 1 is 1.32 bits per heavy atom. The number of hydrogen-bond donors (Lipinski definition) is 1. The van der Waals surface area contributed by atoms with Crippen molar-refractivity contribution >= 4 is 16.0 Å². The predicted molar refractivity (Wildman–Crippen MR) is 69.4 cm³/mol. The molecule has 0 bridgehead atoms. The lowest BCUT2D eigenvalue weighted by Gasteiger charge is -2.12. The summed E-state index contributed by atoms with van der Waals surface area (Å²) >= 11 is 0. The Bertz CT molecular complexity index is 524. The average Bonchev–Trinajstić information content (AvgIpc) is 2.38. The van der Waals surface area contributed by atoms with E-state index in [2.05, 4.69) is 9.46 Å². The molecule has 7 heteroatoms. The van der Waals surface area contributed by atoms with Crippen LogP contribution in [0.1, 0.15) is 13.8 Å². The number of carbonyl (C=O) groups excluding carboxylic acids is 1. The number of ether oxygens (including phenoxy) is 2. The third-order valence-electron chi connectivity index (χ3n) is 2.33. The van der Waals surface area contributed by atoms with E-state index in [1.165, 1.54) is 26.2 Å². The van der Waals surface area contributed by atoms with Crippen LogP contribution in [0.25, 0.3) is 0 Å². The molecule has 19 heavy (non-hydrogen) atoms. The summed E-state index contributed by atoms with van der Waals surface area (Å²) in [5, 5.41) is 0. The van der Waals surface area contributed by atoms with Gasteiger partial charge in [0.1, 0.15) is 11.8 Å². The molecule has 0 aliphatic heterocycles. The van der Waals surface area contributed by atoms with E-state index >= 15 is 0 Å². The fourth-order valence-electron chi connectivity index (χ4n) is 1.41. The maximum Gasteiger partial charge on any atom is 0.323 e. The summed E-state index contributed by atoms with van der Waals surface area (Å²) in [7, 11) is -2.55. The molecule has 0 saturated carbocycles. The number of sulfonamides is 1. The average molecular weight is 287 g/mol. The maximum atomic E-state index is 12.0. The Kier molecular flexibility index (Phi) is 5.31. The summed E-state index contributed by atoms with van der Waals surface area (Å²) in [5.74, 6) is -0.0584. The van der Waals surface area contributed by atoms with Crippen LogP contribution in [0.5, 0.6) is 5.75 Å². The van der Waals surface area contributed by atoms with Gasteiger partial charge < -0.3 is 9.47 Å². The molecule has 0 saturated heterocycles. The fourth-order valence-corrected chi connectivity index (χ4v) is 2.60. The summed E-state index contributed by atoms with van der Waals surface area (Å²) in [4.78, 5) is 11.3. The van der Waals surface area contributed by atoms with Crippen LogP contribution in [-0.2, 0) is 19.6 Å². The summed E-state index contributed by atoms with van der Waals surface area (Å²) in [6, 6.07) is 5.00. The fraction of sp³-hybridized carbons (Fsp3) is 0.417. The molecule has 106 valence electrons. The van der Waals surface area contributed by atoms with Gasteiger partial charge in [-0.2, -0.15) is 4.72 Å². The van der Waals surface area contributed by atoms with Gasteiger partial charge in [0.2, 0.25) is 10.0 Å². The molecule has 0 unspecified atom stereocenters. The Morgan fingerprint density at radius 3 is 2.37 bits per heavy atom. The Morgan fingerprint density at radius 2 is 1.89 bits per heavy atom. The van der Waals surface area contributed by atoms with Crippen LogP contribution in [0.15, 0.2) is 29.2 Å². The van der Waals surface area contributed by atoms with Gasteiger partial charge in [-0.1, -0.05) is 0 Å². The highest BCUT2D eigenvalue weighted by atomic mass is 32.2. The highest BCUT2D eigenvalue weighted by Crippen LogP contribution is 2.16. The van der Waals surface area contributed by atoms with Crippen LogP contribution in [-0.4, -0.2) is 34.1 Å². The van der Waals surface area contributed by atoms with Gasteiger partial charge in [-0.25, -0.2) is 8.42 Å². The van der Waals surface area contributed by atoms with Crippen molar-refractivity contribution in [1.82, 2.24) is 4.72 Å². The number of carbonyl (C=O) groups is 1. The van der Waals surface area contributed by atoms with Crippen LogP contribution >= 0.6 is 0 Å². The predicted octanol–water partition coefficient (Wildman–Crippen LogP) is 0.925. The van der Waals surface area contributed by atoms with Crippen molar-refractivity contribution < 1.29 is 22.7 Å². The van der Waals surface area contributed by atoms with E-state index in [0.717, 1.165) is 0 Å². The molecule has 0 heterocycles. The SMILES string of the molecule is CCOc1ccc(S(=O)(=O)N[C@@H](C)C(=O)OC)cc1. The number of hydrogen-bond acceptors (Lipinski definition) is 5. The smallest absolute Gasteiger partial charge is 0.323 e. The second-order valence-corrected chi connectivity index (χ2v) is 5.48. The lowest BCUT2D eigenvalue weighted by Crippen LogP contribution is -2.39. The van der Waals surface area contributed by atoms with Crippen molar-refractivity contribution in [3.63, 3.8) is 0 Å². The van der Waals surface area contributed by atoms with Crippen molar-refractivity contribution in [3.05, 3.63) is 24.3 Å². The van der Waals surface area contributed by atoms with Crippen molar-refractivity contribution in [2.75, 3.05) is 13.7 Å². The van der Waals surface area contributed by atoms with Crippen LogP contribution in [0.3, 0.4) is 0 Å². The van der Waals surface area contributed by atoms with E-state index in [1.807, 2.05) is 6.92 Å². The molecule has 1 rings (SSSR count). The summed E-state index contributed by atoms with van der Waals surface area (Å²) < 4.78 is 35.9. The van der Waals surface area contributed by atoms with Crippen molar-refractivity contribution in [3.8, 4) is 5.75 Å². The van der Waals surface area contributed by atoms with Crippen molar-refractivity contribution in [1.29, 1.82) is 0 Å². The molecular formula is C12H17NO5S. The van der Waals surface area contributed by atoms with Gasteiger partial charge in [0.05, 0.1) is 18.6 Å². The second-order valence-electron chi connectivity index (χ2n) is 3.77. The molecule has 0 amide bonds. The Balaban J connectivity index is 2.85. The minimum atomic E-state index is -3.75. The highest BCUT2D eigenvalue weighted by Gasteiger charge is 2.22. The molecule has 1 atom stereocenters. The topological polar surface area (TPSA) is 81.7 Å². The second kappa shape index (κ2) is 6.53. The quantitative estimate of drug-likeness (QED) is 0.787. The van der Waals surface area contributed by atoms with Gasteiger partial charge in [-0.15, -0.1) is 0 Å². The maximum absolute atomic E-state index is 12.0. The number of methoxy groups -OCH3 is 1. The standard InChI is InChI=1S/C12H17NO5S/c1-4-18-10-5-7-11(8-6-10)19(15,16)13-9(2)12(14)17-3/h5-9,13H,4H2,1-3H3/t9-/m0/s1. The first kappa shape index (κ1) is 15.5. The first-order valence-electron chi connectivity index (χ1n) is 5.73. The van der Waals surface area contributed by atoms with E-state index in [4.69, 9.17) is 4.74 Å². The monoisotopic (exact) mass is 287 g/mol. The first-order chi connectivity index (χ1) is 8.90. The molecule has 6 nitrogen and oxygen atoms in total. The van der Waals surface area contributed by atoms with Crippen molar-refractivity contribution in [2.45, 2.75) is 24.8 Å². The highest BCUT2D eigenvalue weighted by molar-refractivity contribution is 7.89.